The molecule has 2 atom stereocenters. The van der Waals surface area contributed by atoms with Gasteiger partial charge in [-0.15, -0.1) is 0 Å². The highest BCUT2D eigenvalue weighted by Gasteiger charge is 2.42. The van der Waals surface area contributed by atoms with E-state index in [2.05, 4.69) is 17.1 Å². The summed E-state index contributed by atoms with van der Waals surface area (Å²) in [4.78, 5) is 15.0. The van der Waals surface area contributed by atoms with Crippen molar-refractivity contribution in [2.75, 3.05) is 38.3 Å². The molecule has 0 aliphatic carbocycles. The normalized spacial score (nSPS) is 24.2. The van der Waals surface area contributed by atoms with Gasteiger partial charge in [0.25, 0.3) is 5.91 Å². The van der Waals surface area contributed by atoms with E-state index in [-0.39, 0.29) is 29.5 Å². The van der Waals surface area contributed by atoms with Gasteiger partial charge < -0.3 is 14.8 Å². The molecule has 2 saturated heterocycles. The van der Waals surface area contributed by atoms with Gasteiger partial charge in [-0.25, -0.2) is 8.42 Å². The van der Waals surface area contributed by atoms with Crippen LogP contribution < -0.4 is 14.8 Å². The summed E-state index contributed by atoms with van der Waals surface area (Å²) < 4.78 is 35.4. The van der Waals surface area contributed by atoms with Crippen molar-refractivity contribution in [1.29, 1.82) is 0 Å². The lowest BCUT2D eigenvalue weighted by Gasteiger charge is -2.28. The fourth-order valence-electron chi connectivity index (χ4n) is 3.91. The average Bonchev–Trinajstić information content (AvgIpc) is 3.29. The molecule has 28 heavy (non-hydrogen) atoms. The molecule has 156 valence electrons. The van der Waals surface area contributed by atoms with Gasteiger partial charge in [0, 0.05) is 11.6 Å². The molecule has 0 radical (unpaired) electrons. The van der Waals surface area contributed by atoms with Gasteiger partial charge in [0.1, 0.15) is 0 Å². The number of amides is 1. The van der Waals surface area contributed by atoms with E-state index >= 15 is 0 Å². The van der Waals surface area contributed by atoms with Crippen molar-refractivity contribution in [3.05, 3.63) is 23.8 Å². The summed E-state index contributed by atoms with van der Waals surface area (Å²) in [6, 6.07) is 4.53. The minimum Gasteiger partial charge on any atom is -0.493 e. The van der Waals surface area contributed by atoms with Crippen LogP contribution in [-0.2, 0) is 9.84 Å². The molecule has 2 aliphatic heterocycles. The zero-order valence-corrected chi connectivity index (χ0v) is 17.5. The third-order valence-corrected chi connectivity index (χ3v) is 7.15. The first-order chi connectivity index (χ1) is 13.4. The molecule has 0 saturated carbocycles. The summed E-state index contributed by atoms with van der Waals surface area (Å²) in [5.74, 6) is 0.926. The Labute approximate surface area is 167 Å². The summed E-state index contributed by atoms with van der Waals surface area (Å²) in [5.41, 5.74) is 0.434. The Morgan fingerprint density at radius 3 is 2.64 bits per heavy atom. The number of benzene rings is 1. The smallest absolute Gasteiger partial charge is 0.251 e. The topological polar surface area (TPSA) is 84.9 Å². The standard InChI is InChI=1S/C20H30N2O5S/c1-3-4-11-27-18-8-7-15(12-19(18)26-2)20(23)21-16-13-28(24,25)14-17(16)22-9-5-6-10-22/h7-8,12,16-17H,3-6,9-11,13-14H2,1-2H3,(H,21,23). The minimum absolute atomic E-state index is 0.00471. The van der Waals surface area contributed by atoms with Crippen molar-refractivity contribution in [3.63, 3.8) is 0 Å². The maximum Gasteiger partial charge on any atom is 0.251 e. The van der Waals surface area contributed by atoms with Crippen molar-refractivity contribution in [3.8, 4) is 11.5 Å². The second kappa shape index (κ2) is 9.13. The van der Waals surface area contributed by atoms with Crippen LogP contribution in [0.1, 0.15) is 43.0 Å². The largest absolute Gasteiger partial charge is 0.493 e. The molecule has 1 aromatic carbocycles. The van der Waals surface area contributed by atoms with E-state index in [0.717, 1.165) is 38.8 Å². The molecule has 2 heterocycles. The maximum atomic E-state index is 12.8. The molecule has 0 bridgehead atoms. The second-order valence-corrected chi connectivity index (χ2v) is 9.69. The van der Waals surface area contributed by atoms with Crippen LogP contribution in [0.15, 0.2) is 18.2 Å². The predicted molar refractivity (Wildman–Crippen MR) is 108 cm³/mol. The Morgan fingerprint density at radius 1 is 1.21 bits per heavy atom. The number of likely N-dealkylation sites (tertiary alicyclic amines) is 1. The van der Waals surface area contributed by atoms with E-state index in [0.29, 0.717) is 23.7 Å². The molecule has 7 nitrogen and oxygen atoms in total. The Balaban J connectivity index is 1.70. The molecular formula is C20H30N2O5S. The summed E-state index contributed by atoms with van der Waals surface area (Å²) in [6.07, 6.45) is 4.13. The van der Waals surface area contributed by atoms with E-state index in [4.69, 9.17) is 9.47 Å². The van der Waals surface area contributed by atoms with Crippen molar-refractivity contribution in [1.82, 2.24) is 10.2 Å². The van der Waals surface area contributed by atoms with Gasteiger partial charge >= 0.3 is 0 Å². The Morgan fingerprint density at radius 2 is 1.96 bits per heavy atom. The Hall–Kier alpha value is -1.80. The molecule has 2 unspecified atom stereocenters. The van der Waals surface area contributed by atoms with Gasteiger partial charge in [-0.1, -0.05) is 13.3 Å². The van der Waals surface area contributed by atoms with Gasteiger partial charge in [0.05, 0.1) is 31.3 Å². The van der Waals surface area contributed by atoms with Crippen molar-refractivity contribution < 1.29 is 22.7 Å². The predicted octanol–water partition coefficient (Wildman–Crippen LogP) is 1.87. The third kappa shape index (κ3) is 4.97. The maximum absolute atomic E-state index is 12.8. The van der Waals surface area contributed by atoms with Crippen LogP contribution in [0.4, 0.5) is 0 Å². The monoisotopic (exact) mass is 410 g/mol. The van der Waals surface area contributed by atoms with Gasteiger partial charge in [-0.05, 0) is 50.6 Å². The van der Waals surface area contributed by atoms with Gasteiger partial charge in [0.15, 0.2) is 21.3 Å². The van der Waals surface area contributed by atoms with E-state index < -0.39 is 9.84 Å². The highest BCUT2D eigenvalue weighted by atomic mass is 32.2. The molecule has 2 fully saturated rings. The second-order valence-electron chi connectivity index (χ2n) is 7.53. The number of rotatable bonds is 8. The highest BCUT2D eigenvalue weighted by Crippen LogP contribution is 2.29. The lowest BCUT2D eigenvalue weighted by atomic mass is 10.1. The molecule has 0 spiro atoms. The fourth-order valence-corrected chi connectivity index (χ4v) is 5.86. The number of sulfone groups is 1. The number of methoxy groups -OCH3 is 1. The van der Waals surface area contributed by atoms with E-state index in [1.807, 2.05) is 0 Å². The number of ether oxygens (including phenoxy) is 2. The lowest BCUT2D eigenvalue weighted by Crippen LogP contribution is -2.50. The van der Waals surface area contributed by atoms with Crippen LogP contribution in [-0.4, -0.2) is 69.6 Å². The van der Waals surface area contributed by atoms with Crippen molar-refractivity contribution in [2.24, 2.45) is 0 Å². The molecule has 2 aliphatic rings. The van der Waals surface area contributed by atoms with Crippen molar-refractivity contribution in [2.45, 2.75) is 44.7 Å². The lowest BCUT2D eigenvalue weighted by molar-refractivity contribution is 0.0918. The van der Waals surface area contributed by atoms with E-state index in [1.54, 1.807) is 18.2 Å². The quantitative estimate of drug-likeness (QED) is 0.659. The number of carbonyl (C=O) groups excluding carboxylic acids is 1. The first kappa shape index (κ1) is 20.9. The third-order valence-electron chi connectivity index (χ3n) is 5.43. The van der Waals surface area contributed by atoms with Crippen LogP contribution in [0.5, 0.6) is 11.5 Å². The first-order valence-electron chi connectivity index (χ1n) is 9.99. The number of nitrogens with zero attached hydrogens (tertiary/aromatic N) is 1. The molecule has 8 heteroatoms. The van der Waals surface area contributed by atoms with Gasteiger partial charge in [0.2, 0.25) is 0 Å². The van der Waals surface area contributed by atoms with Crippen LogP contribution in [0.3, 0.4) is 0 Å². The van der Waals surface area contributed by atoms with Crippen LogP contribution in [0, 0.1) is 0 Å². The molecule has 0 aromatic heterocycles. The highest BCUT2D eigenvalue weighted by molar-refractivity contribution is 7.91. The average molecular weight is 411 g/mol. The number of carbonyl (C=O) groups is 1. The summed E-state index contributed by atoms with van der Waals surface area (Å²) in [6.45, 7) is 4.47. The van der Waals surface area contributed by atoms with E-state index in [1.165, 1.54) is 7.11 Å². The number of hydrogen-bond donors (Lipinski definition) is 1. The molecule has 3 rings (SSSR count). The molecule has 1 aromatic rings. The van der Waals surface area contributed by atoms with Gasteiger partial charge in [-0.3, -0.25) is 9.69 Å². The summed E-state index contributed by atoms with van der Waals surface area (Å²) >= 11 is 0. The molecule has 1 N–H and O–H groups in total. The Bertz CT molecular complexity index is 790. The van der Waals surface area contributed by atoms with E-state index in [9.17, 15) is 13.2 Å². The van der Waals surface area contributed by atoms with Crippen molar-refractivity contribution >= 4 is 15.7 Å². The molecular weight excluding hydrogens is 380 g/mol. The first-order valence-corrected chi connectivity index (χ1v) is 11.8. The van der Waals surface area contributed by atoms with Crippen LogP contribution >= 0.6 is 0 Å². The van der Waals surface area contributed by atoms with Gasteiger partial charge in [-0.2, -0.15) is 0 Å². The molecule has 1 amide bonds. The zero-order chi connectivity index (χ0) is 20.1. The summed E-state index contributed by atoms with van der Waals surface area (Å²) in [5, 5.41) is 2.94. The van der Waals surface area contributed by atoms with Crippen LogP contribution in [0.25, 0.3) is 0 Å². The fraction of sp³-hybridized carbons (Fsp3) is 0.650. The zero-order valence-electron chi connectivity index (χ0n) is 16.6. The Kier molecular flexibility index (Phi) is 6.82. The number of hydrogen-bond acceptors (Lipinski definition) is 6. The minimum atomic E-state index is -3.14. The van der Waals surface area contributed by atoms with Crippen LogP contribution in [0.2, 0.25) is 0 Å². The summed E-state index contributed by atoms with van der Waals surface area (Å²) in [7, 11) is -1.61. The number of nitrogens with one attached hydrogen (secondary N) is 1. The SMILES string of the molecule is CCCCOc1ccc(C(=O)NC2CS(=O)(=O)CC2N2CCCC2)cc1OC. The number of unbranched alkanes of at least 4 members (excludes halogenated alkanes) is 1.